The topological polar surface area (TPSA) is 29.1 Å². The molecular weight excluding hydrogens is 261 g/mol. The smallest absolute Gasteiger partial charge is 0.129 e. The van der Waals surface area contributed by atoms with Crippen molar-refractivity contribution >= 4 is 22.4 Å². The summed E-state index contributed by atoms with van der Waals surface area (Å²) < 4.78 is 24.5. The Labute approximate surface area is 109 Å². The lowest BCUT2D eigenvalue weighted by molar-refractivity contribution is 0.579. The predicted octanol–water partition coefficient (Wildman–Crippen LogP) is 2.73. The van der Waals surface area contributed by atoms with E-state index in [1.54, 1.807) is 18.4 Å². The maximum atomic E-state index is 13.4. The van der Waals surface area contributed by atoms with E-state index in [4.69, 9.17) is 11.6 Å². The number of benzene rings is 1. The fraction of sp³-hybridized carbons (Fsp3) is 0.500. The average Bonchev–Trinajstić information content (AvgIpc) is 2.26. The lowest BCUT2D eigenvalue weighted by Gasteiger charge is -2.09. The van der Waals surface area contributed by atoms with Crippen molar-refractivity contribution in [2.24, 2.45) is 0 Å². The van der Waals surface area contributed by atoms with Gasteiger partial charge in [0.1, 0.15) is 5.82 Å². The van der Waals surface area contributed by atoms with Crippen molar-refractivity contribution in [2.45, 2.75) is 25.1 Å². The van der Waals surface area contributed by atoms with Crippen molar-refractivity contribution < 1.29 is 8.60 Å². The summed E-state index contributed by atoms with van der Waals surface area (Å²) >= 11 is 5.66. The third-order valence-electron chi connectivity index (χ3n) is 2.62. The van der Waals surface area contributed by atoms with Crippen LogP contribution in [0.4, 0.5) is 4.39 Å². The SMILES string of the molecule is C[C@@H](CCNCc1ccc(Cl)cc1F)[S@](C)=O. The maximum Gasteiger partial charge on any atom is 0.129 e. The van der Waals surface area contributed by atoms with Gasteiger partial charge in [0.25, 0.3) is 0 Å². The van der Waals surface area contributed by atoms with Gasteiger partial charge in [-0.15, -0.1) is 0 Å². The van der Waals surface area contributed by atoms with Crippen molar-refractivity contribution in [1.29, 1.82) is 0 Å². The second-order valence-corrected chi connectivity index (χ2v) is 6.25. The highest BCUT2D eigenvalue weighted by molar-refractivity contribution is 7.84. The Balaban J connectivity index is 2.34. The minimum atomic E-state index is -0.797. The van der Waals surface area contributed by atoms with E-state index < -0.39 is 10.8 Å². The van der Waals surface area contributed by atoms with Gasteiger partial charge in [-0.25, -0.2) is 4.39 Å². The molecule has 2 nitrogen and oxygen atoms in total. The Morgan fingerprint density at radius 2 is 2.24 bits per heavy atom. The molecule has 0 amide bonds. The molecule has 0 fully saturated rings. The molecule has 0 bridgehead atoms. The highest BCUT2D eigenvalue weighted by atomic mass is 35.5. The van der Waals surface area contributed by atoms with Crippen molar-refractivity contribution in [1.82, 2.24) is 5.32 Å². The van der Waals surface area contributed by atoms with Gasteiger partial charge >= 0.3 is 0 Å². The van der Waals surface area contributed by atoms with Gasteiger partial charge in [-0.05, 0) is 25.1 Å². The van der Waals surface area contributed by atoms with E-state index in [-0.39, 0.29) is 11.1 Å². The summed E-state index contributed by atoms with van der Waals surface area (Å²) in [4.78, 5) is 0. The highest BCUT2D eigenvalue weighted by Gasteiger charge is 2.06. The first-order valence-electron chi connectivity index (χ1n) is 5.47. The van der Waals surface area contributed by atoms with Crippen LogP contribution < -0.4 is 5.32 Å². The van der Waals surface area contributed by atoms with Crippen molar-refractivity contribution in [3.05, 3.63) is 34.6 Å². The van der Waals surface area contributed by atoms with Gasteiger partial charge in [-0.2, -0.15) is 0 Å². The quantitative estimate of drug-likeness (QED) is 0.810. The third kappa shape index (κ3) is 5.15. The Bertz CT molecular complexity index is 400. The fourth-order valence-electron chi connectivity index (χ4n) is 1.36. The van der Waals surface area contributed by atoms with Crippen LogP contribution in [-0.2, 0) is 17.3 Å². The molecule has 1 N–H and O–H groups in total. The van der Waals surface area contributed by atoms with Crippen LogP contribution >= 0.6 is 11.6 Å². The van der Waals surface area contributed by atoms with Crippen LogP contribution in [-0.4, -0.2) is 22.3 Å². The van der Waals surface area contributed by atoms with Gasteiger partial charge in [0.15, 0.2) is 0 Å². The molecule has 0 saturated heterocycles. The first-order valence-corrected chi connectivity index (χ1v) is 7.47. The summed E-state index contributed by atoms with van der Waals surface area (Å²) in [7, 11) is -0.797. The molecule has 1 aromatic rings. The molecule has 0 unspecified atom stereocenters. The molecule has 17 heavy (non-hydrogen) atoms. The summed E-state index contributed by atoms with van der Waals surface area (Å²) in [6, 6.07) is 4.65. The van der Waals surface area contributed by atoms with Crippen LogP contribution in [0.1, 0.15) is 18.9 Å². The van der Waals surface area contributed by atoms with E-state index in [0.717, 1.165) is 13.0 Å². The number of halogens is 2. The van der Waals surface area contributed by atoms with E-state index in [2.05, 4.69) is 5.32 Å². The first kappa shape index (κ1) is 14.6. The zero-order valence-corrected chi connectivity index (χ0v) is 11.6. The molecule has 0 heterocycles. The van der Waals surface area contributed by atoms with Gasteiger partial charge in [-0.3, -0.25) is 4.21 Å². The van der Waals surface area contributed by atoms with Gasteiger partial charge < -0.3 is 5.32 Å². The summed E-state index contributed by atoms with van der Waals surface area (Å²) in [5.74, 6) is -0.294. The third-order valence-corrected chi connectivity index (χ3v) is 4.23. The van der Waals surface area contributed by atoms with Gasteiger partial charge in [0.05, 0.1) is 0 Å². The van der Waals surface area contributed by atoms with Gasteiger partial charge in [-0.1, -0.05) is 24.6 Å². The highest BCUT2D eigenvalue weighted by Crippen LogP contribution is 2.14. The summed E-state index contributed by atoms with van der Waals surface area (Å²) in [6.07, 6.45) is 2.52. The standard InChI is InChI=1S/C12H17ClFNOS/c1-9(17(2)16)5-6-15-8-10-3-4-11(13)7-12(10)14/h3-4,7,9,15H,5-6,8H2,1-2H3/t9-,17-/m0/s1. The maximum absolute atomic E-state index is 13.4. The fourth-order valence-corrected chi connectivity index (χ4v) is 1.97. The Morgan fingerprint density at radius 3 is 2.82 bits per heavy atom. The Kier molecular flexibility index (Phi) is 6.09. The summed E-state index contributed by atoms with van der Waals surface area (Å²) in [6.45, 7) is 3.13. The van der Waals surface area contributed by atoms with Crippen molar-refractivity contribution in [3.63, 3.8) is 0 Å². The Hall–Kier alpha value is -0.450. The molecule has 0 radical (unpaired) electrons. The second-order valence-electron chi connectivity index (χ2n) is 4.01. The molecule has 1 rings (SSSR count). The molecule has 0 aromatic heterocycles. The van der Waals surface area contributed by atoms with Crippen molar-refractivity contribution in [2.75, 3.05) is 12.8 Å². The average molecular weight is 278 g/mol. The molecule has 2 atom stereocenters. The second kappa shape index (κ2) is 7.09. The number of hydrogen-bond acceptors (Lipinski definition) is 2. The molecule has 0 aliphatic carbocycles. The van der Waals surface area contributed by atoms with E-state index in [1.807, 2.05) is 6.92 Å². The molecule has 0 aliphatic rings. The van der Waals surface area contributed by atoms with Crippen LogP contribution in [0.25, 0.3) is 0 Å². The normalized spacial score (nSPS) is 14.6. The van der Waals surface area contributed by atoms with E-state index in [9.17, 15) is 8.60 Å². The molecule has 1 aromatic carbocycles. The van der Waals surface area contributed by atoms with Crippen LogP contribution in [0, 0.1) is 5.82 Å². The minimum absolute atomic E-state index is 0.164. The minimum Gasteiger partial charge on any atom is -0.313 e. The van der Waals surface area contributed by atoms with Crippen LogP contribution in [0.2, 0.25) is 5.02 Å². The number of rotatable bonds is 6. The van der Waals surface area contributed by atoms with Crippen LogP contribution in [0.5, 0.6) is 0 Å². The van der Waals surface area contributed by atoms with E-state index in [1.165, 1.54) is 6.07 Å². The molecule has 0 aliphatic heterocycles. The largest absolute Gasteiger partial charge is 0.313 e. The summed E-state index contributed by atoms with van der Waals surface area (Å²) in [5.41, 5.74) is 0.597. The summed E-state index contributed by atoms with van der Waals surface area (Å²) in [5, 5.41) is 3.70. The lowest BCUT2D eigenvalue weighted by Crippen LogP contribution is -2.21. The zero-order valence-electron chi connectivity index (χ0n) is 10.0. The van der Waals surface area contributed by atoms with Crippen LogP contribution in [0.3, 0.4) is 0 Å². The molecule has 0 saturated carbocycles. The molecule has 0 spiro atoms. The van der Waals surface area contributed by atoms with E-state index in [0.29, 0.717) is 17.1 Å². The zero-order chi connectivity index (χ0) is 12.8. The molecule has 5 heteroatoms. The number of hydrogen-bond donors (Lipinski definition) is 1. The van der Waals surface area contributed by atoms with E-state index >= 15 is 0 Å². The Morgan fingerprint density at radius 1 is 1.53 bits per heavy atom. The monoisotopic (exact) mass is 277 g/mol. The molecule has 96 valence electrons. The van der Waals surface area contributed by atoms with Gasteiger partial charge in [0.2, 0.25) is 0 Å². The predicted molar refractivity (Wildman–Crippen MR) is 71.3 cm³/mol. The number of nitrogens with one attached hydrogen (secondary N) is 1. The van der Waals surface area contributed by atoms with Gasteiger partial charge in [0, 0.05) is 39.4 Å². The first-order chi connectivity index (χ1) is 8.00. The van der Waals surface area contributed by atoms with Crippen molar-refractivity contribution in [3.8, 4) is 0 Å². The molecular formula is C12H17ClFNOS. The van der Waals surface area contributed by atoms with Crippen LogP contribution in [0.15, 0.2) is 18.2 Å². The lowest BCUT2D eigenvalue weighted by atomic mass is 10.2.